The Balaban J connectivity index is 1.98. The zero-order chi connectivity index (χ0) is 11.1. The maximum absolute atomic E-state index is 5.05. The van der Waals surface area contributed by atoms with Crippen LogP contribution in [-0.4, -0.2) is 6.01 Å². The highest BCUT2D eigenvalue weighted by Crippen LogP contribution is 2.09. The summed E-state index contributed by atoms with van der Waals surface area (Å²) in [7, 11) is 0. The smallest absolute Gasteiger partial charge is 0.158 e. The minimum absolute atomic E-state index is 0.665. The summed E-state index contributed by atoms with van der Waals surface area (Å²) in [5.41, 5.74) is 0.794. The average Bonchev–Trinajstić information content (AvgIpc) is 2.37. The molecule has 0 radical (unpaired) electrons. The van der Waals surface area contributed by atoms with Gasteiger partial charge in [0.25, 0.3) is 0 Å². The first-order valence-electron chi connectivity index (χ1n) is 4.88. The maximum atomic E-state index is 5.05. The molecule has 78 valence electrons. The van der Waals surface area contributed by atoms with Gasteiger partial charge in [-0.3, -0.25) is 0 Å². The van der Waals surface area contributed by atoms with Gasteiger partial charge in [-0.15, -0.1) is 0 Å². The molecule has 0 aliphatic carbocycles. The van der Waals surface area contributed by atoms with Crippen LogP contribution in [0.4, 0.5) is 5.69 Å². The van der Waals surface area contributed by atoms with E-state index in [-0.39, 0.29) is 0 Å². The Bertz CT molecular complexity index is 488. The van der Waals surface area contributed by atoms with Gasteiger partial charge >= 0.3 is 0 Å². The summed E-state index contributed by atoms with van der Waals surface area (Å²) in [5.74, 6) is 0.665. The molecular formula is C13H10N2O. The molecule has 0 spiro atoms. The predicted molar refractivity (Wildman–Crippen MR) is 63.0 cm³/mol. The summed E-state index contributed by atoms with van der Waals surface area (Å²) in [6.07, 6.45) is 0. The third-order valence-electron chi connectivity index (χ3n) is 1.87. The fourth-order valence-corrected chi connectivity index (χ4v) is 1.14. The summed E-state index contributed by atoms with van der Waals surface area (Å²) in [6.45, 7) is 0. The highest BCUT2D eigenvalue weighted by Gasteiger charge is 1.86. The first-order chi connectivity index (χ1) is 7.95. The number of aliphatic imine (C=N–C) groups is 1. The first kappa shape index (κ1) is 10.1. The fraction of sp³-hybridized carbons (Fsp3) is 0. The van der Waals surface area contributed by atoms with E-state index < -0.39 is 0 Å². The summed E-state index contributed by atoms with van der Waals surface area (Å²) in [6, 6.07) is 21.2. The topological polar surface area (TPSA) is 34.0 Å². The monoisotopic (exact) mass is 210 g/mol. The van der Waals surface area contributed by atoms with E-state index in [4.69, 9.17) is 4.84 Å². The molecule has 0 amide bonds. The van der Waals surface area contributed by atoms with Crippen molar-refractivity contribution in [1.82, 2.24) is 0 Å². The van der Waals surface area contributed by atoms with Crippen LogP contribution in [0.5, 0.6) is 5.75 Å². The minimum Gasteiger partial charge on any atom is -0.348 e. The molecular weight excluding hydrogens is 200 g/mol. The van der Waals surface area contributed by atoms with Crippen LogP contribution in [0, 0.1) is 0 Å². The van der Waals surface area contributed by atoms with Gasteiger partial charge in [0.05, 0.1) is 5.69 Å². The zero-order valence-corrected chi connectivity index (χ0v) is 8.58. The molecule has 0 aliphatic rings. The standard InChI is InChI=1S/C13H10N2O/c1-3-7-12(8-4-1)14-11-15-16-13-9-5-2-6-10-13/h1-10H. The molecule has 0 bridgehead atoms. The van der Waals surface area contributed by atoms with Crippen molar-refractivity contribution < 1.29 is 4.84 Å². The van der Waals surface area contributed by atoms with Crippen molar-refractivity contribution in [3.05, 3.63) is 60.7 Å². The van der Waals surface area contributed by atoms with Gasteiger partial charge in [0.1, 0.15) is 6.01 Å². The Kier molecular flexibility index (Phi) is 3.48. The molecule has 0 fully saturated rings. The lowest BCUT2D eigenvalue weighted by atomic mass is 10.3. The molecule has 0 saturated heterocycles. The van der Waals surface area contributed by atoms with Gasteiger partial charge < -0.3 is 4.84 Å². The number of para-hydroxylation sites is 2. The summed E-state index contributed by atoms with van der Waals surface area (Å²) >= 11 is 0. The molecule has 0 N–H and O–H groups in total. The highest BCUT2D eigenvalue weighted by atomic mass is 16.6. The number of hydrogen-bond donors (Lipinski definition) is 0. The van der Waals surface area contributed by atoms with E-state index in [1.165, 1.54) is 0 Å². The first-order valence-corrected chi connectivity index (χ1v) is 4.88. The van der Waals surface area contributed by atoms with E-state index >= 15 is 0 Å². The summed E-state index contributed by atoms with van der Waals surface area (Å²) < 4.78 is 0. The lowest BCUT2D eigenvalue weighted by molar-refractivity contribution is 0.344. The molecule has 3 nitrogen and oxygen atoms in total. The van der Waals surface area contributed by atoms with Crippen LogP contribution < -0.4 is 4.84 Å². The van der Waals surface area contributed by atoms with Crippen LogP contribution in [0.1, 0.15) is 0 Å². The lowest BCUT2D eigenvalue weighted by Gasteiger charge is -1.92. The van der Waals surface area contributed by atoms with Gasteiger partial charge in [-0.1, -0.05) is 36.4 Å². The molecule has 0 atom stereocenters. The normalized spacial score (nSPS) is 9.00. The van der Waals surface area contributed by atoms with Gasteiger partial charge in [0, 0.05) is 0 Å². The molecule has 0 saturated carbocycles. The van der Waals surface area contributed by atoms with Crippen molar-refractivity contribution in [2.75, 3.05) is 0 Å². The van der Waals surface area contributed by atoms with E-state index in [0.29, 0.717) is 5.75 Å². The van der Waals surface area contributed by atoms with Crippen LogP contribution in [-0.2, 0) is 0 Å². The van der Waals surface area contributed by atoms with Crippen LogP contribution in [0.25, 0.3) is 0 Å². The predicted octanol–water partition coefficient (Wildman–Crippen LogP) is 3.49. The SMILES string of the molecule is C(=NOc1ccccc1)=Nc1ccccc1. The third-order valence-corrected chi connectivity index (χ3v) is 1.87. The molecule has 3 heteroatoms. The molecule has 16 heavy (non-hydrogen) atoms. The molecule has 0 aliphatic heterocycles. The second-order valence-corrected chi connectivity index (χ2v) is 3.04. The quantitative estimate of drug-likeness (QED) is 0.564. The van der Waals surface area contributed by atoms with Crippen molar-refractivity contribution in [3.8, 4) is 5.75 Å². The van der Waals surface area contributed by atoms with E-state index in [1.807, 2.05) is 60.7 Å². The second-order valence-electron chi connectivity index (χ2n) is 3.04. The van der Waals surface area contributed by atoms with Crippen LogP contribution in [0.2, 0.25) is 0 Å². The van der Waals surface area contributed by atoms with E-state index in [1.54, 1.807) is 0 Å². The van der Waals surface area contributed by atoms with Crippen LogP contribution in [0.15, 0.2) is 70.8 Å². The Hall–Kier alpha value is -2.38. The maximum Gasteiger partial charge on any atom is 0.158 e. The van der Waals surface area contributed by atoms with Crippen LogP contribution >= 0.6 is 0 Å². The number of rotatable bonds is 3. The third kappa shape index (κ3) is 3.08. The highest BCUT2D eigenvalue weighted by molar-refractivity contribution is 5.51. The van der Waals surface area contributed by atoms with E-state index in [9.17, 15) is 0 Å². The number of hydrogen-bond acceptors (Lipinski definition) is 3. The molecule has 0 unspecified atom stereocenters. The lowest BCUT2D eigenvalue weighted by Crippen LogP contribution is -1.79. The summed E-state index contributed by atoms with van der Waals surface area (Å²) in [4.78, 5) is 9.03. The molecule has 0 heterocycles. The molecule has 0 aromatic heterocycles. The largest absolute Gasteiger partial charge is 0.348 e. The zero-order valence-electron chi connectivity index (χ0n) is 8.58. The van der Waals surface area contributed by atoms with E-state index in [0.717, 1.165) is 5.69 Å². The fourth-order valence-electron chi connectivity index (χ4n) is 1.14. The Morgan fingerprint density at radius 3 is 2.12 bits per heavy atom. The molecule has 2 aromatic rings. The number of nitrogens with zero attached hydrogens (tertiary/aromatic N) is 2. The Morgan fingerprint density at radius 1 is 0.812 bits per heavy atom. The van der Waals surface area contributed by atoms with Crippen molar-refractivity contribution in [2.24, 2.45) is 10.1 Å². The Labute approximate surface area is 93.7 Å². The minimum atomic E-state index is 0.665. The average molecular weight is 210 g/mol. The summed E-state index contributed by atoms with van der Waals surface area (Å²) in [5, 5.41) is 3.62. The van der Waals surface area contributed by atoms with Crippen LogP contribution in [0.3, 0.4) is 0 Å². The Morgan fingerprint density at radius 2 is 1.44 bits per heavy atom. The molecule has 2 aromatic carbocycles. The number of benzene rings is 2. The van der Waals surface area contributed by atoms with Crippen molar-refractivity contribution in [3.63, 3.8) is 0 Å². The van der Waals surface area contributed by atoms with E-state index in [2.05, 4.69) is 16.2 Å². The van der Waals surface area contributed by atoms with Gasteiger partial charge in [-0.2, -0.15) is 4.99 Å². The molecule has 2 rings (SSSR count). The van der Waals surface area contributed by atoms with Crippen molar-refractivity contribution >= 4 is 11.7 Å². The van der Waals surface area contributed by atoms with Crippen molar-refractivity contribution in [2.45, 2.75) is 0 Å². The van der Waals surface area contributed by atoms with Crippen molar-refractivity contribution in [1.29, 1.82) is 0 Å². The van der Waals surface area contributed by atoms with Gasteiger partial charge in [0.15, 0.2) is 5.75 Å². The van der Waals surface area contributed by atoms with Gasteiger partial charge in [-0.05, 0) is 29.4 Å². The van der Waals surface area contributed by atoms with Gasteiger partial charge in [0.2, 0.25) is 0 Å². The second kappa shape index (κ2) is 5.49. The van der Waals surface area contributed by atoms with Gasteiger partial charge in [-0.25, -0.2) is 0 Å².